The van der Waals surface area contributed by atoms with Crippen LogP contribution in [0.2, 0.25) is 0 Å². The number of carboxylic acids is 1. The summed E-state index contributed by atoms with van der Waals surface area (Å²) >= 11 is 1.11. The lowest BCUT2D eigenvalue weighted by molar-refractivity contribution is -0.137. The highest BCUT2D eigenvalue weighted by atomic mass is 32.2. The summed E-state index contributed by atoms with van der Waals surface area (Å²) in [6.45, 7) is -0.0456. The van der Waals surface area contributed by atoms with Gasteiger partial charge in [0.05, 0.1) is 11.1 Å². The van der Waals surface area contributed by atoms with Crippen LogP contribution in [-0.2, 0) is 6.18 Å². The Labute approximate surface area is 106 Å². The number of aliphatic hydroxyl groups excluding tert-OH is 1. The van der Waals surface area contributed by atoms with Gasteiger partial charge in [0.1, 0.15) is 0 Å². The van der Waals surface area contributed by atoms with Crippen molar-refractivity contribution in [3.8, 4) is 0 Å². The average Bonchev–Trinajstić information content (AvgIpc) is 2.28. The van der Waals surface area contributed by atoms with Crippen molar-refractivity contribution in [2.75, 3.05) is 12.4 Å². The Morgan fingerprint density at radius 2 is 2.00 bits per heavy atom. The zero-order chi connectivity index (χ0) is 13.8. The molecule has 3 nitrogen and oxygen atoms in total. The fourth-order valence-electron chi connectivity index (χ4n) is 1.25. The van der Waals surface area contributed by atoms with Crippen molar-refractivity contribution in [3.05, 3.63) is 29.3 Å². The maximum Gasteiger partial charge on any atom is 0.416 e. The quantitative estimate of drug-likeness (QED) is 0.643. The highest BCUT2D eigenvalue weighted by Crippen LogP contribution is 2.33. The normalized spacial score (nSPS) is 11.6. The number of hydrogen-bond acceptors (Lipinski definition) is 3. The van der Waals surface area contributed by atoms with Crippen LogP contribution in [0.3, 0.4) is 0 Å². The predicted octanol–water partition coefficient (Wildman–Crippen LogP) is 2.88. The predicted molar refractivity (Wildman–Crippen MR) is 60.8 cm³/mol. The molecule has 0 aliphatic rings. The molecule has 0 spiro atoms. The van der Waals surface area contributed by atoms with Crippen molar-refractivity contribution < 1.29 is 28.2 Å². The number of thioether (sulfide) groups is 1. The molecule has 0 atom stereocenters. The number of carboxylic acid groups (broad SMARTS) is 1. The number of rotatable bonds is 5. The summed E-state index contributed by atoms with van der Waals surface area (Å²) in [5, 5.41) is 17.5. The monoisotopic (exact) mass is 280 g/mol. The minimum absolute atomic E-state index is 0.0456. The number of carbonyl (C=O) groups is 1. The lowest BCUT2D eigenvalue weighted by atomic mass is 10.1. The molecule has 0 fully saturated rings. The van der Waals surface area contributed by atoms with Crippen LogP contribution in [0.1, 0.15) is 22.3 Å². The lowest BCUT2D eigenvalue weighted by Crippen LogP contribution is -2.08. The molecule has 18 heavy (non-hydrogen) atoms. The van der Waals surface area contributed by atoms with Crippen LogP contribution in [0.4, 0.5) is 13.2 Å². The number of alkyl halides is 3. The van der Waals surface area contributed by atoms with Gasteiger partial charge in [-0.25, -0.2) is 4.79 Å². The molecule has 0 saturated carbocycles. The van der Waals surface area contributed by atoms with Crippen molar-refractivity contribution in [1.82, 2.24) is 0 Å². The molecule has 2 N–H and O–H groups in total. The Morgan fingerprint density at radius 1 is 1.33 bits per heavy atom. The van der Waals surface area contributed by atoms with Gasteiger partial charge in [-0.1, -0.05) is 0 Å². The Hall–Kier alpha value is -1.21. The second kappa shape index (κ2) is 6.10. The molecular formula is C11H11F3O3S. The summed E-state index contributed by atoms with van der Waals surface area (Å²) in [6.07, 6.45) is -4.11. The van der Waals surface area contributed by atoms with Crippen molar-refractivity contribution in [3.63, 3.8) is 0 Å². The third kappa shape index (κ3) is 3.92. The average molecular weight is 280 g/mol. The fourth-order valence-corrected chi connectivity index (χ4v) is 2.21. The molecule has 0 amide bonds. The summed E-state index contributed by atoms with van der Waals surface area (Å²) in [6, 6.07) is 2.63. The van der Waals surface area contributed by atoms with Gasteiger partial charge in [-0.05, 0) is 24.6 Å². The molecule has 100 valence electrons. The molecule has 1 rings (SSSR count). The van der Waals surface area contributed by atoms with Crippen molar-refractivity contribution >= 4 is 17.7 Å². The molecule has 1 aromatic carbocycles. The van der Waals surface area contributed by atoms with Gasteiger partial charge in [0.25, 0.3) is 0 Å². The van der Waals surface area contributed by atoms with Crippen molar-refractivity contribution in [1.29, 1.82) is 0 Å². The number of aromatic carboxylic acids is 1. The van der Waals surface area contributed by atoms with Gasteiger partial charge in [0, 0.05) is 17.3 Å². The maximum atomic E-state index is 12.4. The topological polar surface area (TPSA) is 57.5 Å². The highest BCUT2D eigenvalue weighted by Gasteiger charge is 2.31. The molecule has 1 aromatic rings. The number of halogens is 3. The van der Waals surface area contributed by atoms with E-state index < -0.39 is 17.7 Å². The van der Waals surface area contributed by atoms with Gasteiger partial charge in [-0.2, -0.15) is 13.2 Å². The molecule has 0 saturated heterocycles. The van der Waals surface area contributed by atoms with Gasteiger partial charge in [0.15, 0.2) is 0 Å². The Morgan fingerprint density at radius 3 is 2.50 bits per heavy atom. The van der Waals surface area contributed by atoms with Gasteiger partial charge in [0.2, 0.25) is 0 Å². The minimum atomic E-state index is -4.56. The summed E-state index contributed by atoms with van der Waals surface area (Å²) < 4.78 is 37.3. The van der Waals surface area contributed by atoms with E-state index in [9.17, 15) is 18.0 Å². The molecule has 0 heterocycles. The maximum absolute atomic E-state index is 12.4. The smallest absolute Gasteiger partial charge is 0.416 e. The molecule has 7 heteroatoms. The van der Waals surface area contributed by atoms with Crippen LogP contribution in [0.5, 0.6) is 0 Å². The zero-order valence-corrected chi connectivity index (χ0v) is 10.0. The van der Waals surface area contributed by atoms with Gasteiger partial charge >= 0.3 is 12.1 Å². The standard InChI is InChI=1S/C11H11F3O3S/c12-11(13,14)7-2-3-9(18-5-1-4-15)8(6-7)10(16)17/h2-3,6,15H,1,4-5H2,(H,16,17). The fraction of sp³-hybridized carbons (Fsp3) is 0.364. The first-order chi connectivity index (χ1) is 8.36. The summed E-state index contributed by atoms with van der Waals surface area (Å²) in [5.41, 5.74) is -1.35. The van der Waals surface area contributed by atoms with Gasteiger partial charge < -0.3 is 10.2 Å². The molecule has 0 aromatic heterocycles. The number of benzene rings is 1. The molecule has 0 unspecified atom stereocenters. The Bertz CT molecular complexity index is 432. The molecular weight excluding hydrogens is 269 g/mol. The third-order valence-electron chi connectivity index (χ3n) is 2.10. The summed E-state index contributed by atoms with van der Waals surface area (Å²) in [7, 11) is 0. The second-order valence-electron chi connectivity index (χ2n) is 3.44. The van der Waals surface area contributed by atoms with Gasteiger partial charge in [-0.15, -0.1) is 11.8 Å². The zero-order valence-electron chi connectivity index (χ0n) is 9.20. The van der Waals surface area contributed by atoms with Crippen LogP contribution < -0.4 is 0 Å². The van der Waals surface area contributed by atoms with E-state index in [4.69, 9.17) is 10.2 Å². The first-order valence-electron chi connectivity index (χ1n) is 5.04. The van der Waals surface area contributed by atoms with E-state index in [-0.39, 0.29) is 17.1 Å². The lowest BCUT2D eigenvalue weighted by Gasteiger charge is -2.10. The van der Waals surface area contributed by atoms with Crippen LogP contribution in [0.25, 0.3) is 0 Å². The SMILES string of the molecule is O=C(O)c1cc(C(F)(F)F)ccc1SCCCO. The molecule has 0 aliphatic carbocycles. The summed E-state index contributed by atoms with van der Waals surface area (Å²) in [5.74, 6) is -0.949. The number of hydrogen-bond donors (Lipinski definition) is 2. The van der Waals surface area contributed by atoms with Gasteiger partial charge in [-0.3, -0.25) is 0 Å². The summed E-state index contributed by atoms with van der Waals surface area (Å²) in [4.78, 5) is 11.2. The highest BCUT2D eigenvalue weighted by molar-refractivity contribution is 7.99. The first kappa shape index (κ1) is 14.8. The van der Waals surface area contributed by atoms with Crippen molar-refractivity contribution in [2.24, 2.45) is 0 Å². The largest absolute Gasteiger partial charge is 0.478 e. The molecule has 0 aliphatic heterocycles. The van der Waals surface area contributed by atoms with Crippen LogP contribution in [0.15, 0.2) is 23.1 Å². The van der Waals surface area contributed by atoms with Crippen LogP contribution >= 0.6 is 11.8 Å². The molecule has 0 bridgehead atoms. The minimum Gasteiger partial charge on any atom is -0.478 e. The van der Waals surface area contributed by atoms with E-state index in [0.29, 0.717) is 18.2 Å². The van der Waals surface area contributed by atoms with Crippen molar-refractivity contribution in [2.45, 2.75) is 17.5 Å². The third-order valence-corrected chi connectivity index (χ3v) is 3.26. The van der Waals surface area contributed by atoms with E-state index in [1.54, 1.807) is 0 Å². The Balaban J connectivity index is 3.01. The van der Waals surface area contributed by atoms with E-state index in [0.717, 1.165) is 23.9 Å². The van der Waals surface area contributed by atoms with E-state index >= 15 is 0 Å². The van der Waals surface area contributed by atoms with Crippen LogP contribution in [-0.4, -0.2) is 28.5 Å². The first-order valence-corrected chi connectivity index (χ1v) is 6.03. The van der Waals surface area contributed by atoms with Crippen LogP contribution in [0, 0.1) is 0 Å². The van der Waals surface area contributed by atoms with E-state index in [1.807, 2.05) is 0 Å². The Kier molecular flexibility index (Phi) is 5.03. The number of aliphatic hydroxyl groups is 1. The molecule has 0 radical (unpaired) electrons. The van der Waals surface area contributed by atoms with E-state index in [1.165, 1.54) is 0 Å². The van der Waals surface area contributed by atoms with E-state index in [2.05, 4.69) is 0 Å². The second-order valence-corrected chi connectivity index (χ2v) is 4.58.